The second kappa shape index (κ2) is 7.03. The summed E-state index contributed by atoms with van der Waals surface area (Å²) in [4.78, 5) is 16.7. The van der Waals surface area contributed by atoms with Gasteiger partial charge in [-0.15, -0.1) is 0 Å². The van der Waals surface area contributed by atoms with Crippen molar-refractivity contribution >= 4 is 34.3 Å². The van der Waals surface area contributed by atoms with Crippen molar-refractivity contribution in [2.75, 3.05) is 24.3 Å². The fraction of sp³-hybridized carbons (Fsp3) is 0.158. The summed E-state index contributed by atoms with van der Waals surface area (Å²) in [5.41, 5.74) is 1.63. The molecule has 0 unspecified atom stereocenters. The quantitative estimate of drug-likeness (QED) is 0.725. The van der Waals surface area contributed by atoms with Gasteiger partial charge in [-0.3, -0.25) is 4.79 Å². The molecule has 0 saturated heterocycles. The van der Waals surface area contributed by atoms with E-state index in [1.165, 1.54) is 11.8 Å². The van der Waals surface area contributed by atoms with Crippen molar-refractivity contribution < 1.29 is 14.3 Å². The van der Waals surface area contributed by atoms with Gasteiger partial charge in [-0.25, -0.2) is 4.98 Å². The molecular weight excluding hydrogens is 336 g/mol. The Morgan fingerprint density at radius 3 is 2.80 bits per heavy atom. The predicted molar refractivity (Wildman–Crippen MR) is 98.5 cm³/mol. The molecule has 4 rings (SSSR count). The molecule has 0 fully saturated rings. The minimum absolute atomic E-state index is 0.0864. The van der Waals surface area contributed by atoms with Crippen molar-refractivity contribution in [2.24, 2.45) is 0 Å². The average molecular weight is 352 g/mol. The Hall–Kier alpha value is -2.73. The van der Waals surface area contributed by atoms with Gasteiger partial charge in [-0.1, -0.05) is 36.0 Å². The summed E-state index contributed by atoms with van der Waals surface area (Å²) in [7, 11) is 0. The monoisotopic (exact) mass is 352 g/mol. The molecule has 0 radical (unpaired) electrons. The molecule has 0 spiro atoms. The largest absolute Gasteiger partial charge is 0.486 e. The third-order valence-corrected chi connectivity index (χ3v) is 4.68. The number of para-hydroxylation sites is 1. The molecule has 2 aromatic carbocycles. The van der Waals surface area contributed by atoms with Gasteiger partial charge in [0.15, 0.2) is 11.5 Å². The van der Waals surface area contributed by atoms with Crippen LogP contribution >= 0.6 is 11.8 Å². The topological polar surface area (TPSA) is 60.5 Å². The zero-order valence-electron chi connectivity index (χ0n) is 13.4. The second-order valence-electron chi connectivity index (χ2n) is 5.54. The minimum Gasteiger partial charge on any atom is -0.486 e. The SMILES string of the molecule is O=C(CSc1ccc2ccccc2n1)Nc1ccc2c(c1)OCCO2. The van der Waals surface area contributed by atoms with Gasteiger partial charge in [0, 0.05) is 17.1 Å². The highest BCUT2D eigenvalue weighted by Crippen LogP contribution is 2.32. The fourth-order valence-corrected chi connectivity index (χ4v) is 3.26. The number of anilines is 1. The maximum absolute atomic E-state index is 12.2. The summed E-state index contributed by atoms with van der Waals surface area (Å²) < 4.78 is 11.0. The average Bonchev–Trinajstić information content (AvgIpc) is 2.66. The smallest absolute Gasteiger partial charge is 0.234 e. The van der Waals surface area contributed by atoms with E-state index < -0.39 is 0 Å². The van der Waals surface area contributed by atoms with Gasteiger partial charge in [0.25, 0.3) is 0 Å². The number of carbonyl (C=O) groups is 1. The van der Waals surface area contributed by atoms with E-state index in [2.05, 4.69) is 10.3 Å². The van der Waals surface area contributed by atoms with E-state index in [4.69, 9.17) is 9.47 Å². The van der Waals surface area contributed by atoms with E-state index in [9.17, 15) is 4.79 Å². The Balaban J connectivity index is 1.38. The molecule has 1 amide bonds. The Labute approximate surface area is 149 Å². The number of hydrogen-bond donors (Lipinski definition) is 1. The van der Waals surface area contributed by atoms with Crippen LogP contribution in [0.2, 0.25) is 0 Å². The maximum atomic E-state index is 12.2. The molecule has 0 aliphatic carbocycles. The van der Waals surface area contributed by atoms with Crippen LogP contribution < -0.4 is 14.8 Å². The Bertz CT molecular complexity index is 929. The number of thioether (sulfide) groups is 1. The molecule has 0 bridgehead atoms. The summed E-state index contributed by atoms with van der Waals surface area (Å²) in [5, 5.41) is 4.80. The van der Waals surface area contributed by atoms with Crippen LogP contribution in [0.3, 0.4) is 0 Å². The van der Waals surface area contributed by atoms with Crippen molar-refractivity contribution in [3.8, 4) is 11.5 Å². The van der Waals surface area contributed by atoms with Crippen molar-refractivity contribution in [1.29, 1.82) is 0 Å². The third-order valence-electron chi connectivity index (χ3n) is 3.75. The van der Waals surface area contributed by atoms with Crippen molar-refractivity contribution in [3.63, 3.8) is 0 Å². The lowest BCUT2D eigenvalue weighted by Crippen LogP contribution is -2.17. The zero-order valence-corrected chi connectivity index (χ0v) is 14.2. The van der Waals surface area contributed by atoms with Crippen LogP contribution in [0.1, 0.15) is 0 Å². The summed E-state index contributed by atoms with van der Waals surface area (Å²) in [6.45, 7) is 1.07. The van der Waals surface area contributed by atoms with Crippen LogP contribution in [-0.2, 0) is 4.79 Å². The second-order valence-corrected chi connectivity index (χ2v) is 6.53. The molecule has 0 saturated carbocycles. The molecule has 1 N–H and O–H groups in total. The van der Waals surface area contributed by atoms with E-state index in [0.717, 1.165) is 15.9 Å². The number of rotatable bonds is 4. The lowest BCUT2D eigenvalue weighted by Gasteiger charge is -2.19. The molecule has 25 heavy (non-hydrogen) atoms. The number of hydrogen-bond acceptors (Lipinski definition) is 5. The van der Waals surface area contributed by atoms with Gasteiger partial charge in [0.05, 0.1) is 16.3 Å². The standard InChI is InChI=1S/C19H16N2O3S/c22-18(20-14-6-7-16-17(11-14)24-10-9-23-16)12-25-19-8-5-13-3-1-2-4-15(13)21-19/h1-8,11H,9-10,12H2,(H,20,22). The molecule has 1 aliphatic heterocycles. The van der Waals surface area contributed by atoms with Gasteiger partial charge < -0.3 is 14.8 Å². The number of fused-ring (bicyclic) bond motifs is 2. The molecule has 3 aromatic rings. The highest BCUT2D eigenvalue weighted by atomic mass is 32.2. The first-order valence-electron chi connectivity index (χ1n) is 7.96. The fourth-order valence-electron chi connectivity index (χ4n) is 2.59. The first-order chi connectivity index (χ1) is 12.3. The van der Waals surface area contributed by atoms with E-state index in [0.29, 0.717) is 36.2 Å². The van der Waals surface area contributed by atoms with Gasteiger partial charge in [-0.2, -0.15) is 0 Å². The molecule has 1 aromatic heterocycles. The van der Waals surface area contributed by atoms with Crippen LogP contribution in [-0.4, -0.2) is 29.9 Å². The molecular formula is C19H16N2O3S. The van der Waals surface area contributed by atoms with Gasteiger partial charge in [-0.05, 0) is 24.3 Å². The summed E-state index contributed by atoms with van der Waals surface area (Å²) in [5.74, 6) is 1.57. The molecule has 0 atom stereocenters. The number of aromatic nitrogens is 1. The summed E-state index contributed by atoms with van der Waals surface area (Å²) in [6.07, 6.45) is 0. The van der Waals surface area contributed by atoms with Crippen molar-refractivity contribution in [1.82, 2.24) is 4.98 Å². The van der Waals surface area contributed by atoms with Crippen LogP contribution in [0.4, 0.5) is 5.69 Å². The predicted octanol–water partition coefficient (Wildman–Crippen LogP) is 3.74. The van der Waals surface area contributed by atoms with Crippen LogP contribution in [0, 0.1) is 0 Å². The number of pyridine rings is 1. The Kier molecular flexibility index (Phi) is 4.43. The van der Waals surface area contributed by atoms with Crippen molar-refractivity contribution in [2.45, 2.75) is 5.03 Å². The van der Waals surface area contributed by atoms with Gasteiger partial charge >= 0.3 is 0 Å². The van der Waals surface area contributed by atoms with Gasteiger partial charge in [0.2, 0.25) is 5.91 Å². The normalized spacial score (nSPS) is 12.8. The Morgan fingerprint density at radius 2 is 1.88 bits per heavy atom. The molecule has 2 heterocycles. The molecule has 6 heteroatoms. The van der Waals surface area contributed by atoms with E-state index >= 15 is 0 Å². The summed E-state index contributed by atoms with van der Waals surface area (Å²) in [6, 6.07) is 17.3. The zero-order chi connectivity index (χ0) is 17.1. The minimum atomic E-state index is -0.0864. The van der Waals surface area contributed by atoms with Crippen molar-refractivity contribution in [3.05, 3.63) is 54.6 Å². The first kappa shape index (κ1) is 15.8. The van der Waals surface area contributed by atoms with E-state index in [1.54, 1.807) is 6.07 Å². The Morgan fingerprint density at radius 1 is 1.04 bits per heavy atom. The number of carbonyl (C=O) groups excluding carboxylic acids is 1. The van der Waals surface area contributed by atoms with E-state index in [-0.39, 0.29) is 5.91 Å². The number of benzene rings is 2. The van der Waals surface area contributed by atoms with E-state index in [1.807, 2.05) is 48.5 Å². The lowest BCUT2D eigenvalue weighted by atomic mass is 10.2. The van der Waals surface area contributed by atoms with Crippen LogP contribution in [0.5, 0.6) is 11.5 Å². The summed E-state index contributed by atoms with van der Waals surface area (Å²) >= 11 is 1.41. The number of amides is 1. The third kappa shape index (κ3) is 3.69. The number of nitrogens with one attached hydrogen (secondary N) is 1. The van der Waals surface area contributed by atoms with Crippen LogP contribution in [0.15, 0.2) is 59.6 Å². The van der Waals surface area contributed by atoms with Crippen LogP contribution in [0.25, 0.3) is 10.9 Å². The highest BCUT2D eigenvalue weighted by Gasteiger charge is 2.13. The molecule has 1 aliphatic rings. The highest BCUT2D eigenvalue weighted by molar-refractivity contribution is 7.99. The maximum Gasteiger partial charge on any atom is 0.234 e. The number of ether oxygens (including phenoxy) is 2. The molecule has 126 valence electrons. The number of nitrogens with zero attached hydrogens (tertiary/aromatic N) is 1. The molecule has 5 nitrogen and oxygen atoms in total. The lowest BCUT2D eigenvalue weighted by molar-refractivity contribution is -0.113. The van der Waals surface area contributed by atoms with Gasteiger partial charge in [0.1, 0.15) is 13.2 Å². The first-order valence-corrected chi connectivity index (χ1v) is 8.94.